The monoisotopic (exact) mass is 160 g/mol. The van der Waals surface area contributed by atoms with Gasteiger partial charge < -0.3 is 10.3 Å². The minimum atomic E-state index is 0.748. The zero-order valence-electron chi connectivity index (χ0n) is 6.40. The van der Waals surface area contributed by atoms with Crippen molar-refractivity contribution in [2.24, 2.45) is 0 Å². The van der Waals surface area contributed by atoms with Crippen LogP contribution in [0.25, 0.3) is 11.3 Å². The fraction of sp³-hybridized carbons (Fsp3) is 0. The molecule has 0 saturated heterocycles. The molecule has 0 fully saturated rings. The molecule has 60 valence electrons. The summed E-state index contributed by atoms with van der Waals surface area (Å²) < 4.78 is 4.97. The highest BCUT2D eigenvalue weighted by Gasteiger charge is 1.99. The summed E-state index contributed by atoms with van der Waals surface area (Å²) in [6, 6.07) is 9.27. The van der Waals surface area contributed by atoms with Gasteiger partial charge in [-0.15, -0.1) is 0 Å². The molecule has 1 heterocycles. The molecule has 1 aromatic carbocycles. The Hall–Kier alpha value is -1.77. The van der Waals surface area contributed by atoms with Gasteiger partial charge in [0.25, 0.3) is 0 Å². The first-order valence-electron chi connectivity index (χ1n) is 3.63. The van der Waals surface area contributed by atoms with Gasteiger partial charge in [-0.2, -0.15) is 0 Å². The van der Waals surface area contributed by atoms with Gasteiger partial charge >= 0.3 is 0 Å². The van der Waals surface area contributed by atoms with Crippen LogP contribution in [0.1, 0.15) is 0 Å². The van der Waals surface area contributed by atoms with Crippen LogP contribution in [-0.2, 0) is 0 Å². The average molecular weight is 160 g/mol. The first-order valence-corrected chi connectivity index (χ1v) is 3.63. The van der Waals surface area contributed by atoms with Crippen molar-refractivity contribution in [3.8, 4) is 11.3 Å². The van der Waals surface area contributed by atoms with E-state index in [1.807, 2.05) is 30.3 Å². The van der Waals surface area contributed by atoms with Crippen LogP contribution < -0.4 is 5.73 Å². The van der Waals surface area contributed by atoms with Gasteiger partial charge in [0.2, 0.25) is 0 Å². The normalized spacial score (nSPS) is 10.0. The third kappa shape index (κ3) is 1.16. The number of hydrogen-bond donors (Lipinski definition) is 1. The van der Waals surface area contributed by atoms with Gasteiger partial charge in [0, 0.05) is 17.3 Å². The van der Waals surface area contributed by atoms with Gasteiger partial charge in [-0.3, -0.25) is 0 Å². The van der Waals surface area contributed by atoms with Crippen molar-refractivity contribution in [1.29, 1.82) is 0 Å². The zero-order chi connectivity index (χ0) is 8.39. The van der Waals surface area contributed by atoms with E-state index in [4.69, 9.17) is 10.3 Å². The molecule has 0 radical (unpaired) electrons. The molecule has 3 nitrogen and oxygen atoms in total. The minimum Gasteiger partial charge on any atom is -0.399 e. The Balaban J connectivity index is 2.43. The third-order valence-electron chi connectivity index (χ3n) is 1.63. The molecule has 2 N–H and O–H groups in total. The van der Waals surface area contributed by atoms with Crippen LogP contribution in [0, 0.1) is 0 Å². The molecule has 0 aliphatic heterocycles. The Morgan fingerprint density at radius 3 is 2.42 bits per heavy atom. The standard InChI is InChI=1S/C9H8N2O/c10-8-3-1-7(2-4-8)9-5-6-11-12-9/h1-6H,10H2. The van der Waals surface area contributed by atoms with E-state index in [0.29, 0.717) is 0 Å². The molecule has 0 bridgehead atoms. The molecule has 0 unspecified atom stereocenters. The van der Waals surface area contributed by atoms with E-state index >= 15 is 0 Å². The van der Waals surface area contributed by atoms with E-state index in [1.54, 1.807) is 6.20 Å². The molecule has 0 saturated carbocycles. The van der Waals surface area contributed by atoms with Crippen molar-refractivity contribution in [2.45, 2.75) is 0 Å². The zero-order valence-corrected chi connectivity index (χ0v) is 6.40. The molecule has 0 aliphatic rings. The van der Waals surface area contributed by atoms with Gasteiger partial charge in [-0.1, -0.05) is 5.16 Å². The second-order valence-corrected chi connectivity index (χ2v) is 2.50. The second-order valence-electron chi connectivity index (χ2n) is 2.50. The first kappa shape index (κ1) is 6.91. The van der Waals surface area contributed by atoms with Gasteiger partial charge in [0.05, 0.1) is 6.20 Å². The lowest BCUT2D eigenvalue weighted by molar-refractivity contribution is 0.432. The Morgan fingerprint density at radius 2 is 1.83 bits per heavy atom. The number of benzene rings is 1. The lowest BCUT2D eigenvalue weighted by Crippen LogP contribution is -1.82. The van der Waals surface area contributed by atoms with Crippen molar-refractivity contribution in [1.82, 2.24) is 5.16 Å². The molecular weight excluding hydrogens is 152 g/mol. The van der Waals surface area contributed by atoms with Crippen LogP contribution in [-0.4, -0.2) is 5.16 Å². The smallest absolute Gasteiger partial charge is 0.166 e. The van der Waals surface area contributed by atoms with Crippen LogP contribution in [0.3, 0.4) is 0 Å². The fourth-order valence-corrected chi connectivity index (χ4v) is 1.01. The highest BCUT2D eigenvalue weighted by molar-refractivity contribution is 5.59. The average Bonchev–Trinajstić information content (AvgIpc) is 2.58. The maximum Gasteiger partial charge on any atom is 0.166 e. The summed E-state index contributed by atoms with van der Waals surface area (Å²) in [7, 11) is 0. The van der Waals surface area contributed by atoms with Gasteiger partial charge in [-0.25, -0.2) is 0 Å². The summed E-state index contributed by atoms with van der Waals surface area (Å²) in [6.07, 6.45) is 1.62. The maximum absolute atomic E-state index is 5.53. The fourth-order valence-electron chi connectivity index (χ4n) is 1.01. The predicted octanol–water partition coefficient (Wildman–Crippen LogP) is 1.92. The number of nitrogens with two attached hydrogens (primary N) is 1. The van der Waals surface area contributed by atoms with Crippen molar-refractivity contribution in [2.75, 3.05) is 5.73 Å². The SMILES string of the molecule is Nc1ccc(-c2ccno2)cc1. The predicted molar refractivity (Wildman–Crippen MR) is 46.4 cm³/mol. The van der Waals surface area contributed by atoms with Gasteiger partial charge in [-0.05, 0) is 24.3 Å². The van der Waals surface area contributed by atoms with Crippen molar-refractivity contribution >= 4 is 5.69 Å². The Bertz CT molecular complexity index is 351. The number of nitrogen functional groups attached to an aromatic ring is 1. The topological polar surface area (TPSA) is 52.0 Å². The van der Waals surface area contributed by atoms with E-state index in [-0.39, 0.29) is 0 Å². The molecule has 0 amide bonds. The Labute approximate surface area is 69.8 Å². The lowest BCUT2D eigenvalue weighted by Gasteiger charge is -1.95. The molecule has 0 atom stereocenters. The summed E-state index contributed by atoms with van der Waals surface area (Å²) in [4.78, 5) is 0. The van der Waals surface area contributed by atoms with Gasteiger partial charge in [0.1, 0.15) is 0 Å². The van der Waals surface area contributed by atoms with Crippen molar-refractivity contribution < 1.29 is 4.52 Å². The van der Waals surface area contributed by atoms with Crippen LogP contribution in [0.4, 0.5) is 5.69 Å². The molecule has 2 rings (SSSR count). The van der Waals surface area contributed by atoms with Crippen molar-refractivity contribution in [3.63, 3.8) is 0 Å². The minimum absolute atomic E-state index is 0.748. The summed E-state index contributed by atoms with van der Waals surface area (Å²) in [5.41, 5.74) is 7.27. The largest absolute Gasteiger partial charge is 0.399 e. The third-order valence-corrected chi connectivity index (χ3v) is 1.63. The quantitative estimate of drug-likeness (QED) is 0.648. The molecule has 0 aliphatic carbocycles. The van der Waals surface area contributed by atoms with E-state index in [1.165, 1.54) is 0 Å². The first-order chi connectivity index (χ1) is 5.86. The molecule has 2 aromatic rings. The summed E-state index contributed by atoms with van der Waals surface area (Å²) in [5, 5.41) is 3.61. The molecule has 0 spiro atoms. The van der Waals surface area contributed by atoms with E-state index in [0.717, 1.165) is 17.0 Å². The number of hydrogen-bond acceptors (Lipinski definition) is 3. The van der Waals surface area contributed by atoms with Crippen LogP contribution in [0.5, 0.6) is 0 Å². The Morgan fingerprint density at radius 1 is 1.08 bits per heavy atom. The second kappa shape index (κ2) is 2.70. The molecule has 3 heteroatoms. The number of aromatic nitrogens is 1. The van der Waals surface area contributed by atoms with Crippen LogP contribution in [0.15, 0.2) is 41.1 Å². The molecular formula is C9H8N2O. The van der Waals surface area contributed by atoms with Crippen LogP contribution >= 0.6 is 0 Å². The lowest BCUT2D eigenvalue weighted by atomic mass is 10.1. The van der Waals surface area contributed by atoms with Gasteiger partial charge in [0.15, 0.2) is 5.76 Å². The summed E-state index contributed by atoms with van der Waals surface area (Å²) in [6.45, 7) is 0. The highest BCUT2D eigenvalue weighted by atomic mass is 16.5. The highest BCUT2D eigenvalue weighted by Crippen LogP contribution is 2.19. The molecule has 1 aromatic heterocycles. The van der Waals surface area contributed by atoms with Crippen molar-refractivity contribution in [3.05, 3.63) is 36.5 Å². The summed E-state index contributed by atoms with van der Waals surface area (Å²) in [5.74, 6) is 0.759. The van der Waals surface area contributed by atoms with E-state index < -0.39 is 0 Å². The Kier molecular flexibility index (Phi) is 1.55. The summed E-state index contributed by atoms with van der Waals surface area (Å²) >= 11 is 0. The number of rotatable bonds is 1. The number of anilines is 1. The maximum atomic E-state index is 5.53. The van der Waals surface area contributed by atoms with E-state index in [9.17, 15) is 0 Å². The number of nitrogens with zero attached hydrogens (tertiary/aromatic N) is 1. The van der Waals surface area contributed by atoms with E-state index in [2.05, 4.69) is 5.16 Å². The van der Waals surface area contributed by atoms with Crippen LogP contribution in [0.2, 0.25) is 0 Å². The molecule has 12 heavy (non-hydrogen) atoms.